The molecule has 0 spiro atoms. The SMILES string of the molecule is COc1ccccc1CN1Cc2ccc(F)cc2C1=N. The van der Waals surface area contributed by atoms with Crippen LogP contribution in [0.5, 0.6) is 5.75 Å². The highest BCUT2D eigenvalue weighted by molar-refractivity contribution is 6.00. The standard InChI is InChI=1S/C16H15FN2O/c1-20-15-5-3-2-4-12(15)10-19-9-11-6-7-13(17)8-14(11)16(19)18/h2-8,18H,9-10H2,1H3. The van der Waals surface area contributed by atoms with Gasteiger partial charge in [0.1, 0.15) is 17.4 Å². The van der Waals surface area contributed by atoms with E-state index in [1.165, 1.54) is 12.1 Å². The lowest BCUT2D eigenvalue weighted by Gasteiger charge is -2.19. The summed E-state index contributed by atoms with van der Waals surface area (Å²) < 4.78 is 18.6. The predicted octanol–water partition coefficient (Wildman–Crippen LogP) is 3.18. The van der Waals surface area contributed by atoms with Crippen LogP contribution >= 0.6 is 0 Å². The number of methoxy groups -OCH3 is 1. The Balaban J connectivity index is 1.86. The van der Waals surface area contributed by atoms with E-state index in [9.17, 15) is 4.39 Å². The van der Waals surface area contributed by atoms with Crippen molar-refractivity contribution >= 4 is 5.84 Å². The van der Waals surface area contributed by atoms with Crippen LogP contribution in [-0.2, 0) is 13.1 Å². The molecule has 102 valence electrons. The van der Waals surface area contributed by atoms with E-state index < -0.39 is 0 Å². The summed E-state index contributed by atoms with van der Waals surface area (Å²) in [6.45, 7) is 1.21. The van der Waals surface area contributed by atoms with Gasteiger partial charge in [0.05, 0.1) is 7.11 Å². The van der Waals surface area contributed by atoms with Crippen LogP contribution in [0.2, 0.25) is 0 Å². The van der Waals surface area contributed by atoms with Crippen molar-refractivity contribution in [3.05, 3.63) is 65.0 Å². The molecule has 1 aliphatic rings. The molecule has 2 aromatic rings. The summed E-state index contributed by atoms with van der Waals surface area (Å²) in [5.74, 6) is 0.875. The lowest BCUT2D eigenvalue weighted by Crippen LogP contribution is -2.23. The second-order valence-corrected chi connectivity index (χ2v) is 4.82. The Bertz CT molecular complexity index is 669. The summed E-state index contributed by atoms with van der Waals surface area (Å²) in [6.07, 6.45) is 0. The smallest absolute Gasteiger partial charge is 0.129 e. The molecule has 0 unspecified atom stereocenters. The fourth-order valence-electron chi connectivity index (χ4n) is 2.54. The zero-order valence-electron chi connectivity index (χ0n) is 11.2. The van der Waals surface area contributed by atoms with E-state index in [2.05, 4.69) is 0 Å². The molecule has 0 aliphatic carbocycles. The van der Waals surface area contributed by atoms with Crippen molar-refractivity contribution in [3.8, 4) is 5.75 Å². The molecule has 0 saturated carbocycles. The number of benzene rings is 2. The third-order valence-electron chi connectivity index (χ3n) is 3.56. The van der Waals surface area contributed by atoms with Gasteiger partial charge in [-0.15, -0.1) is 0 Å². The van der Waals surface area contributed by atoms with Crippen molar-refractivity contribution in [2.45, 2.75) is 13.1 Å². The molecule has 4 heteroatoms. The van der Waals surface area contributed by atoms with Crippen LogP contribution in [-0.4, -0.2) is 17.8 Å². The van der Waals surface area contributed by atoms with Crippen LogP contribution in [0.15, 0.2) is 42.5 Å². The molecule has 0 amide bonds. The minimum Gasteiger partial charge on any atom is -0.496 e. The Morgan fingerprint density at radius 1 is 1.25 bits per heavy atom. The summed E-state index contributed by atoms with van der Waals surface area (Å²) in [5.41, 5.74) is 2.69. The number of nitrogens with zero attached hydrogens (tertiary/aromatic N) is 1. The number of ether oxygens (including phenoxy) is 1. The number of hydrogen-bond acceptors (Lipinski definition) is 2. The van der Waals surface area contributed by atoms with Gasteiger partial charge in [-0.2, -0.15) is 0 Å². The Kier molecular flexibility index (Phi) is 3.14. The van der Waals surface area contributed by atoms with Crippen molar-refractivity contribution < 1.29 is 9.13 Å². The van der Waals surface area contributed by atoms with Crippen LogP contribution in [0.3, 0.4) is 0 Å². The minimum atomic E-state index is -0.298. The number of amidine groups is 1. The molecule has 1 aliphatic heterocycles. The first kappa shape index (κ1) is 12.7. The Labute approximate surface area is 117 Å². The topological polar surface area (TPSA) is 36.3 Å². The van der Waals surface area contributed by atoms with Gasteiger partial charge in [0.25, 0.3) is 0 Å². The molecule has 3 nitrogen and oxygen atoms in total. The average Bonchev–Trinajstić information content (AvgIpc) is 2.76. The maximum atomic E-state index is 13.3. The summed E-state index contributed by atoms with van der Waals surface area (Å²) in [4.78, 5) is 1.92. The van der Waals surface area contributed by atoms with Crippen molar-refractivity contribution in [2.24, 2.45) is 0 Å². The quantitative estimate of drug-likeness (QED) is 0.930. The van der Waals surface area contributed by atoms with Crippen LogP contribution in [0.4, 0.5) is 4.39 Å². The first-order chi connectivity index (χ1) is 9.69. The van der Waals surface area contributed by atoms with Crippen LogP contribution in [0, 0.1) is 11.2 Å². The van der Waals surface area contributed by atoms with E-state index in [1.807, 2.05) is 29.2 Å². The highest BCUT2D eigenvalue weighted by Gasteiger charge is 2.25. The number of hydrogen-bond donors (Lipinski definition) is 1. The fraction of sp³-hybridized carbons (Fsp3) is 0.188. The molecule has 0 bridgehead atoms. The molecule has 1 heterocycles. The van der Waals surface area contributed by atoms with Gasteiger partial charge in [0, 0.05) is 24.2 Å². The average molecular weight is 270 g/mol. The second kappa shape index (κ2) is 4.96. The van der Waals surface area contributed by atoms with E-state index in [4.69, 9.17) is 10.1 Å². The third-order valence-corrected chi connectivity index (χ3v) is 3.56. The van der Waals surface area contributed by atoms with Crippen LogP contribution < -0.4 is 4.74 Å². The number of halogens is 1. The van der Waals surface area contributed by atoms with E-state index in [1.54, 1.807) is 13.2 Å². The van der Waals surface area contributed by atoms with Crippen molar-refractivity contribution in [2.75, 3.05) is 7.11 Å². The van der Waals surface area contributed by atoms with Gasteiger partial charge in [-0.1, -0.05) is 24.3 Å². The zero-order chi connectivity index (χ0) is 14.1. The van der Waals surface area contributed by atoms with Crippen LogP contribution in [0.1, 0.15) is 16.7 Å². The minimum absolute atomic E-state index is 0.298. The lowest BCUT2D eigenvalue weighted by atomic mass is 10.1. The number of para-hydroxylation sites is 1. The van der Waals surface area contributed by atoms with Gasteiger partial charge in [0.15, 0.2) is 0 Å². The fourth-order valence-corrected chi connectivity index (χ4v) is 2.54. The molecular weight excluding hydrogens is 255 g/mol. The summed E-state index contributed by atoms with van der Waals surface area (Å²) in [7, 11) is 1.64. The number of fused-ring (bicyclic) bond motifs is 1. The summed E-state index contributed by atoms with van der Waals surface area (Å²) >= 11 is 0. The first-order valence-electron chi connectivity index (χ1n) is 6.43. The molecule has 0 aromatic heterocycles. The van der Waals surface area contributed by atoms with Gasteiger partial charge in [-0.05, 0) is 23.8 Å². The largest absolute Gasteiger partial charge is 0.496 e. The van der Waals surface area contributed by atoms with E-state index in [0.29, 0.717) is 24.5 Å². The first-order valence-corrected chi connectivity index (χ1v) is 6.43. The van der Waals surface area contributed by atoms with Gasteiger partial charge >= 0.3 is 0 Å². The molecule has 0 radical (unpaired) electrons. The van der Waals surface area contributed by atoms with Gasteiger partial charge in [-0.25, -0.2) is 4.39 Å². The van der Waals surface area contributed by atoms with Gasteiger partial charge < -0.3 is 9.64 Å². The highest BCUT2D eigenvalue weighted by atomic mass is 19.1. The maximum absolute atomic E-state index is 13.3. The number of nitrogens with one attached hydrogen (secondary N) is 1. The van der Waals surface area contributed by atoms with Gasteiger partial charge in [-0.3, -0.25) is 5.41 Å². The second-order valence-electron chi connectivity index (χ2n) is 4.82. The molecule has 0 fully saturated rings. The van der Waals surface area contributed by atoms with E-state index in [0.717, 1.165) is 16.9 Å². The Morgan fingerprint density at radius 3 is 2.85 bits per heavy atom. The van der Waals surface area contributed by atoms with E-state index >= 15 is 0 Å². The normalized spacial score (nSPS) is 13.5. The van der Waals surface area contributed by atoms with Crippen molar-refractivity contribution in [1.29, 1.82) is 5.41 Å². The monoisotopic (exact) mass is 270 g/mol. The summed E-state index contributed by atoms with van der Waals surface area (Å²) in [5, 5.41) is 8.18. The van der Waals surface area contributed by atoms with Crippen molar-refractivity contribution in [1.82, 2.24) is 4.90 Å². The third kappa shape index (κ3) is 2.13. The molecule has 3 rings (SSSR count). The molecule has 1 N–H and O–H groups in total. The predicted molar refractivity (Wildman–Crippen MR) is 75.5 cm³/mol. The molecule has 0 saturated heterocycles. The highest BCUT2D eigenvalue weighted by Crippen LogP contribution is 2.27. The molecule has 20 heavy (non-hydrogen) atoms. The lowest BCUT2D eigenvalue weighted by molar-refractivity contribution is 0.382. The molecule has 2 aromatic carbocycles. The number of rotatable bonds is 3. The maximum Gasteiger partial charge on any atom is 0.129 e. The van der Waals surface area contributed by atoms with Crippen LogP contribution in [0.25, 0.3) is 0 Å². The Morgan fingerprint density at radius 2 is 2.05 bits per heavy atom. The van der Waals surface area contributed by atoms with Crippen molar-refractivity contribution in [3.63, 3.8) is 0 Å². The summed E-state index contributed by atoms with van der Waals surface area (Å²) in [6, 6.07) is 12.4. The van der Waals surface area contributed by atoms with Gasteiger partial charge in [0.2, 0.25) is 0 Å². The Hall–Kier alpha value is -2.36. The molecular formula is C16H15FN2O. The van der Waals surface area contributed by atoms with E-state index in [-0.39, 0.29) is 5.82 Å². The molecule has 0 atom stereocenters. The zero-order valence-corrected chi connectivity index (χ0v) is 11.2.